The predicted molar refractivity (Wildman–Crippen MR) is 216 cm³/mol. The Kier molecular flexibility index (Phi) is 12.4. The first-order chi connectivity index (χ1) is 27.5. The maximum Gasteiger partial charge on any atom is 0.417 e. The van der Waals surface area contributed by atoms with Crippen LogP contribution >= 0.6 is 12.2 Å². The number of hydrogen-bond acceptors (Lipinski definition) is 10. The van der Waals surface area contributed by atoms with Crippen molar-refractivity contribution in [2.24, 2.45) is 0 Å². The minimum Gasteiger partial charge on any atom is -0.492 e. The van der Waals surface area contributed by atoms with Gasteiger partial charge in [-0.3, -0.25) is 39.2 Å². The molecule has 306 valence electrons. The fourth-order valence-corrected chi connectivity index (χ4v) is 8.05. The Bertz CT molecular complexity index is 2160. The van der Waals surface area contributed by atoms with Crippen LogP contribution < -0.4 is 30.5 Å². The standard InChI is InChI=1S/C41H45F3N8O5S/c1-5-26-19-31(52-39(58)51(38(56)40(52,3)4)30-10-9-27(22-45)32(21-30)41(42,43)44)11-13-34(26)57-18-17-50-16-15-49(23-25(50)2)24-36(54)47-29-8-6-7-28(20-29)46-33-12-14-35(53)48-37(33)55/h6-11,13,19-21,25,33,46H,5,12,14-18,23-24H2,1-4H3,(H,47,54)(H,48,53,55)/t25-,33?/m0/s1. The molecule has 1 unspecified atom stereocenters. The highest BCUT2D eigenvalue weighted by atomic mass is 32.1. The van der Waals surface area contributed by atoms with E-state index in [9.17, 15) is 37.6 Å². The normalized spacial score (nSPS) is 20.2. The molecule has 3 heterocycles. The van der Waals surface area contributed by atoms with Gasteiger partial charge in [-0.05, 0) is 106 Å². The summed E-state index contributed by atoms with van der Waals surface area (Å²) < 4.78 is 47.6. The number of ether oxygens (including phenoxy) is 1. The van der Waals surface area contributed by atoms with Gasteiger partial charge in [-0.15, -0.1) is 0 Å². The van der Waals surface area contributed by atoms with Gasteiger partial charge in [0, 0.05) is 55.7 Å². The number of imide groups is 1. The van der Waals surface area contributed by atoms with Crippen LogP contribution in [0.1, 0.15) is 57.2 Å². The average Bonchev–Trinajstić information content (AvgIpc) is 3.35. The number of carbonyl (C=O) groups is 4. The van der Waals surface area contributed by atoms with Crippen LogP contribution in [-0.4, -0.2) is 95.5 Å². The first-order valence-electron chi connectivity index (χ1n) is 19.0. The number of halogens is 3. The van der Waals surface area contributed by atoms with E-state index in [0.717, 1.165) is 29.1 Å². The third-order valence-corrected chi connectivity index (χ3v) is 11.0. The van der Waals surface area contributed by atoms with Gasteiger partial charge in [-0.1, -0.05) is 13.0 Å². The molecule has 3 saturated heterocycles. The topological polar surface area (TPSA) is 150 Å². The maximum absolute atomic E-state index is 13.8. The van der Waals surface area contributed by atoms with Gasteiger partial charge in [0.25, 0.3) is 5.91 Å². The van der Waals surface area contributed by atoms with Crippen molar-refractivity contribution in [1.29, 1.82) is 5.26 Å². The van der Waals surface area contributed by atoms with Gasteiger partial charge >= 0.3 is 6.18 Å². The van der Waals surface area contributed by atoms with E-state index >= 15 is 0 Å². The number of rotatable bonds is 12. The molecule has 3 aliphatic rings. The zero-order valence-electron chi connectivity index (χ0n) is 32.6. The van der Waals surface area contributed by atoms with Gasteiger partial charge in [0.15, 0.2) is 5.11 Å². The first kappa shape index (κ1) is 42.0. The van der Waals surface area contributed by atoms with Crippen molar-refractivity contribution in [2.45, 2.75) is 70.8 Å². The van der Waals surface area contributed by atoms with Crippen LogP contribution in [-0.2, 0) is 31.8 Å². The fraction of sp³-hybridized carbons (Fsp3) is 0.415. The summed E-state index contributed by atoms with van der Waals surface area (Å²) in [5.41, 5.74) is -0.280. The second-order valence-electron chi connectivity index (χ2n) is 15.0. The SMILES string of the molecule is CCc1cc(N2C(=S)N(c3ccc(C#N)c(C(F)(F)F)c3)C(=O)C2(C)C)ccc1OCCN1CCN(CC(=O)Nc2cccc(NC3CCC(=O)NC3=O)c2)C[C@@H]1C. The van der Waals surface area contributed by atoms with E-state index in [1.165, 1.54) is 6.07 Å². The van der Waals surface area contributed by atoms with E-state index in [0.29, 0.717) is 61.9 Å². The van der Waals surface area contributed by atoms with Crippen molar-refractivity contribution in [1.82, 2.24) is 15.1 Å². The third kappa shape index (κ3) is 9.09. The molecule has 3 fully saturated rings. The molecule has 3 aromatic carbocycles. The zero-order valence-corrected chi connectivity index (χ0v) is 33.4. The number of alkyl halides is 3. The number of anilines is 4. The number of carbonyl (C=O) groups excluding carboxylic acids is 4. The number of nitrogens with zero attached hydrogens (tertiary/aromatic N) is 5. The molecular formula is C41H45F3N8O5S. The van der Waals surface area contributed by atoms with Crippen molar-refractivity contribution in [3.8, 4) is 11.8 Å². The Hall–Kier alpha value is -5.57. The zero-order chi connectivity index (χ0) is 41.9. The Labute approximate surface area is 340 Å². The molecule has 2 atom stereocenters. The van der Waals surface area contributed by atoms with Crippen LogP contribution in [0.5, 0.6) is 5.75 Å². The molecular weight excluding hydrogens is 774 g/mol. The molecule has 58 heavy (non-hydrogen) atoms. The van der Waals surface area contributed by atoms with Crippen LogP contribution in [0, 0.1) is 11.3 Å². The number of nitrogens with one attached hydrogen (secondary N) is 3. The number of benzene rings is 3. The highest BCUT2D eigenvalue weighted by molar-refractivity contribution is 7.81. The molecule has 6 rings (SSSR count). The maximum atomic E-state index is 13.8. The smallest absolute Gasteiger partial charge is 0.417 e. The second-order valence-corrected chi connectivity index (χ2v) is 15.4. The van der Waals surface area contributed by atoms with Crippen LogP contribution in [0.4, 0.5) is 35.9 Å². The lowest BCUT2D eigenvalue weighted by Crippen LogP contribution is -2.54. The highest BCUT2D eigenvalue weighted by Crippen LogP contribution is 2.40. The quantitative estimate of drug-likeness (QED) is 0.162. The van der Waals surface area contributed by atoms with E-state index in [1.54, 1.807) is 55.1 Å². The van der Waals surface area contributed by atoms with E-state index in [4.69, 9.17) is 17.0 Å². The van der Waals surface area contributed by atoms with Crippen molar-refractivity contribution in [3.63, 3.8) is 0 Å². The average molecular weight is 819 g/mol. The van der Waals surface area contributed by atoms with Gasteiger partial charge in [0.2, 0.25) is 17.7 Å². The Morgan fingerprint density at radius 1 is 1.05 bits per heavy atom. The minimum absolute atomic E-state index is 0.0164. The molecule has 0 bridgehead atoms. The summed E-state index contributed by atoms with van der Waals surface area (Å²) in [6, 6.07) is 16.9. The van der Waals surface area contributed by atoms with Gasteiger partial charge in [0.1, 0.15) is 23.9 Å². The fourth-order valence-electron chi connectivity index (χ4n) is 7.52. The Morgan fingerprint density at radius 3 is 2.48 bits per heavy atom. The molecule has 0 spiro atoms. The van der Waals surface area contributed by atoms with Crippen LogP contribution in [0.2, 0.25) is 0 Å². The van der Waals surface area contributed by atoms with Gasteiger partial charge in [0.05, 0.1) is 29.4 Å². The lowest BCUT2D eigenvalue weighted by molar-refractivity contribution is -0.138. The second kappa shape index (κ2) is 17.1. The summed E-state index contributed by atoms with van der Waals surface area (Å²) in [6.45, 7) is 10.8. The molecule has 4 amide bonds. The van der Waals surface area contributed by atoms with E-state index < -0.39 is 34.8 Å². The summed E-state index contributed by atoms with van der Waals surface area (Å²) in [4.78, 5) is 57.4. The molecule has 0 saturated carbocycles. The molecule has 0 aliphatic carbocycles. The van der Waals surface area contributed by atoms with Crippen molar-refractivity contribution in [2.75, 3.05) is 59.8 Å². The summed E-state index contributed by atoms with van der Waals surface area (Å²) >= 11 is 5.71. The van der Waals surface area contributed by atoms with E-state index in [1.807, 2.05) is 19.1 Å². The predicted octanol–water partition coefficient (Wildman–Crippen LogP) is 5.30. The summed E-state index contributed by atoms with van der Waals surface area (Å²) in [5, 5.41) is 17.7. The first-order valence-corrected chi connectivity index (χ1v) is 19.4. The van der Waals surface area contributed by atoms with Gasteiger partial charge in [-0.2, -0.15) is 18.4 Å². The van der Waals surface area contributed by atoms with Gasteiger partial charge in [-0.25, -0.2) is 0 Å². The molecule has 3 aliphatic heterocycles. The third-order valence-electron chi connectivity index (χ3n) is 10.6. The number of piperidine rings is 1. The van der Waals surface area contributed by atoms with Crippen LogP contribution in [0.3, 0.4) is 0 Å². The van der Waals surface area contributed by atoms with Crippen molar-refractivity contribution < 1.29 is 37.1 Å². The monoisotopic (exact) mass is 818 g/mol. The van der Waals surface area contributed by atoms with Crippen molar-refractivity contribution in [3.05, 3.63) is 77.4 Å². The highest BCUT2D eigenvalue weighted by Gasteiger charge is 2.51. The Morgan fingerprint density at radius 2 is 1.79 bits per heavy atom. The number of nitriles is 1. The lowest BCUT2D eigenvalue weighted by atomic mass is 10.0. The molecule has 13 nitrogen and oxygen atoms in total. The lowest BCUT2D eigenvalue weighted by Gasteiger charge is -2.39. The van der Waals surface area contributed by atoms with Gasteiger partial charge < -0.3 is 20.3 Å². The largest absolute Gasteiger partial charge is 0.492 e. The number of thiocarbonyl (C=S) groups is 1. The number of hydrogen-bond donors (Lipinski definition) is 3. The molecule has 0 aromatic heterocycles. The Balaban J connectivity index is 1.01. The van der Waals surface area contributed by atoms with Crippen LogP contribution in [0.25, 0.3) is 0 Å². The minimum atomic E-state index is -4.80. The molecule has 17 heteroatoms. The van der Waals surface area contributed by atoms with E-state index in [2.05, 4.69) is 32.7 Å². The number of aryl methyl sites for hydroxylation is 1. The number of piperazine rings is 1. The molecule has 3 aromatic rings. The molecule has 3 N–H and O–H groups in total. The summed E-state index contributed by atoms with van der Waals surface area (Å²) in [6.07, 6.45) is -3.54. The number of amides is 4. The van der Waals surface area contributed by atoms with Crippen LogP contribution in [0.15, 0.2) is 60.7 Å². The molecule has 0 radical (unpaired) electrons. The van der Waals surface area contributed by atoms with E-state index in [-0.39, 0.29) is 47.5 Å². The van der Waals surface area contributed by atoms with Crippen molar-refractivity contribution >= 4 is 63.7 Å². The summed E-state index contributed by atoms with van der Waals surface area (Å²) in [5.74, 6) is -0.647. The summed E-state index contributed by atoms with van der Waals surface area (Å²) in [7, 11) is 0.